The zero-order chi connectivity index (χ0) is 29.6. The first-order chi connectivity index (χ1) is 20.3. The summed E-state index contributed by atoms with van der Waals surface area (Å²) in [5.74, 6) is -0.153. The average Bonchev–Trinajstić information content (AvgIpc) is 3.23. The highest BCUT2D eigenvalue weighted by Gasteiger charge is 2.44. The summed E-state index contributed by atoms with van der Waals surface area (Å²) in [5, 5.41) is 3.81. The van der Waals surface area contributed by atoms with Crippen LogP contribution in [0.5, 0.6) is 5.75 Å². The molecule has 2 heterocycles. The second-order valence-corrected chi connectivity index (χ2v) is 11.1. The second kappa shape index (κ2) is 13.5. The van der Waals surface area contributed by atoms with E-state index in [4.69, 9.17) is 28.6 Å². The molecule has 1 N–H and O–H groups in total. The minimum Gasteiger partial charge on any atom is -0.497 e. The third-order valence-corrected chi connectivity index (χ3v) is 8.24. The molecule has 2 amide bonds. The van der Waals surface area contributed by atoms with Gasteiger partial charge in [0.25, 0.3) is 5.91 Å². The van der Waals surface area contributed by atoms with Crippen molar-refractivity contribution >= 4 is 57.8 Å². The van der Waals surface area contributed by atoms with E-state index in [9.17, 15) is 14.0 Å². The summed E-state index contributed by atoms with van der Waals surface area (Å²) in [6.45, 7) is 4.81. The number of thiocarbonyl (C=S) groups is 1. The minimum atomic E-state index is -0.730. The molecule has 2 aliphatic rings. The maximum atomic E-state index is 13.7. The van der Waals surface area contributed by atoms with Crippen LogP contribution >= 0.6 is 23.8 Å². The lowest BCUT2D eigenvalue weighted by Gasteiger charge is -2.36. The van der Waals surface area contributed by atoms with Crippen LogP contribution in [0.15, 0.2) is 72.8 Å². The molecule has 0 aliphatic carbocycles. The Kier molecular flexibility index (Phi) is 9.56. The number of nitrogens with zero attached hydrogens (tertiary/aromatic N) is 4. The van der Waals surface area contributed by atoms with Gasteiger partial charge in [-0.3, -0.25) is 19.4 Å². The maximum absolute atomic E-state index is 13.7. The normalized spacial score (nSPS) is 17.6. The summed E-state index contributed by atoms with van der Waals surface area (Å²) >= 11 is 11.8. The number of carbonyl (C=O) groups is 2. The monoisotopic (exact) mass is 609 g/mol. The number of amides is 2. The number of nitrogens with one attached hydrogen (secondary N) is 1. The van der Waals surface area contributed by atoms with E-state index in [1.165, 1.54) is 17.0 Å². The molecular formula is C31H33ClFN5O3S. The van der Waals surface area contributed by atoms with Crippen molar-refractivity contribution in [3.8, 4) is 5.75 Å². The molecule has 11 heteroatoms. The second-order valence-electron chi connectivity index (χ2n) is 10.3. The fraction of sp³-hybridized carbons (Fsp3) is 0.323. The largest absolute Gasteiger partial charge is 0.497 e. The van der Waals surface area contributed by atoms with Gasteiger partial charge < -0.3 is 19.9 Å². The van der Waals surface area contributed by atoms with E-state index in [0.29, 0.717) is 33.8 Å². The van der Waals surface area contributed by atoms with Crippen LogP contribution in [0.1, 0.15) is 12.8 Å². The van der Waals surface area contributed by atoms with Crippen LogP contribution in [0.4, 0.5) is 21.5 Å². The zero-order valence-electron chi connectivity index (χ0n) is 23.3. The number of ether oxygens (including phenoxy) is 1. The lowest BCUT2D eigenvalue weighted by atomic mass is 10.1. The molecule has 0 unspecified atom stereocenters. The fourth-order valence-electron chi connectivity index (χ4n) is 5.34. The molecule has 0 aromatic heterocycles. The third-order valence-electron chi connectivity index (χ3n) is 7.57. The molecule has 2 saturated heterocycles. The Hall–Kier alpha value is -3.73. The van der Waals surface area contributed by atoms with Gasteiger partial charge in [-0.1, -0.05) is 17.7 Å². The van der Waals surface area contributed by atoms with Gasteiger partial charge in [0.2, 0.25) is 5.91 Å². The van der Waals surface area contributed by atoms with Gasteiger partial charge in [-0.15, -0.1) is 0 Å². The summed E-state index contributed by atoms with van der Waals surface area (Å²) in [7, 11) is 1.57. The number of rotatable bonds is 10. The number of benzene rings is 3. The smallest absolute Gasteiger partial charge is 0.256 e. The van der Waals surface area contributed by atoms with Crippen LogP contribution in [-0.2, 0) is 9.59 Å². The summed E-state index contributed by atoms with van der Waals surface area (Å²) < 4.78 is 18.7. The van der Waals surface area contributed by atoms with Crippen LogP contribution in [0.3, 0.4) is 0 Å². The van der Waals surface area contributed by atoms with E-state index in [2.05, 4.69) is 15.1 Å². The average molecular weight is 610 g/mol. The molecule has 220 valence electrons. The summed E-state index contributed by atoms with van der Waals surface area (Å²) in [4.78, 5) is 34.8. The quantitative estimate of drug-likeness (QED) is 0.323. The SMILES string of the molecule is COc1cccc(N2C(=O)[C@@H](CC(=O)Nc3ccc(Cl)cc3)N(CCCN3CCN(c4ccc(F)cc4)CC3)C2=S)c1. The fourth-order valence-corrected chi connectivity index (χ4v) is 5.88. The number of hydrogen-bond acceptors (Lipinski definition) is 6. The highest BCUT2D eigenvalue weighted by Crippen LogP contribution is 2.30. The first-order valence-corrected chi connectivity index (χ1v) is 14.7. The van der Waals surface area contributed by atoms with Crippen LogP contribution in [0.25, 0.3) is 0 Å². The van der Waals surface area contributed by atoms with Crippen LogP contribution in [-0.4, -0.2) is 79.1 Å². The number of anilines is 3. The molecule has 2 aliphatic heterocycles. The van der Waals surface area contributed by atoms with Crippen molar-refractivity contribution in [2.24, 2.45) is 0 Å². The van der Waals surface area contributed by atoms with E-state index >= 15 is 0 Å². The van der Waals surface area contributed by atoms with E-state index < -0.39 is 6.04 Å². The molecule has 0 saturated carbocycles. The molecule has 3 aromatic rings. The third kappa shape index (κ3) is 7.00. The standard InChI is InChI=1S/C31H33ClFN5O3S/c1-41-27-5-2-4-26(20-27)38-30(40)28(21-29(39)34-24-10-6-22(32)7-11-24)37(31(38)42)15-3-14-35-16-18-36(19-17-35)25-12-8-23(33)9-13-25/h2,4-13,20,28H,3,14-19,21H2,1H3,(H,34,39)/t28-/m1/s1. The predicted octanol–water partition coefficient (Wildman–Crippen LogP) is 5.03. The molecule has 0 bridgehead atoms. The van der Waals surface area contributed by atoms with E-state index in [1.807, 2.05) is 23.1 Å². The van der Waals surface area contributed by atoms with Gasteiger partial charge in [0.1, 0.15) is 17.6 Å². The van der Waals surface area contributed by atoms with Crippen molar-refractivity contribution in [1.82, 2.24) is 9.80 Å². The molecule has 42 heavy (non-hydrogen) atoms. The Morgan fingerprint density at radius 1 is 1.00 bits per heavy atom. The van der Waals surface area contributed by atoms with Gasteiger partial charge in [-0.05, 0) is 85.8 Å². The molecule has 0 radical (unpaired) electrons. The van der Waals surface area contributed by atoms with Gasteiger partial charge in [-0.25, -0.2) is 4.39 Å². The van der Waals surface area contributed by atoms with Crippen molar-refractivity contribution in [1.29, 1.82) is 0 Å². The Morgan fingerprint density at radius 2 is 1.71 bits per heavy atom. The topological polar surface area (TPSA) is 68.4 Å². The summed E-state index contributed by atoms with van der Waals surface area (Å²) in [6, 6.07) is 19.9. The van der Waals surface area contributed by atoms with E-state index in [1.54, 1.807) is 49.6 Å². The summed E-state index contributed by atoms with van der Waals surface area (Å²) in [5.41, 5.74) is 2.23. The van der Waals surface area contributed by atoms with Gasteiger partial charge in [0.05, 0.1) is 19.2 Å². The molecule has 0 spiro atoms. The molecule has 3 aromatic carbocycles. The van der Waals surface area contributed by atoms with Crippen LogP contribution in [0.2, 0.25) is 5.02 Å². The lowest BCUT2D eigenvalue weighted by Crippen LogP contribution is -2.47. The number of hydrogen-bond donors (Lipinski definition) is 1. The van der Waals surface area contributed by atoms with Crippen molar-refractivity contribution in [3.63, 3.8) is 0 Å². The van der Waals surface area contributed by atoms with Gasteiger partial charge in [-0.2, -0.15) is 0 Å². The number of piperazine rings is 1. The summed E-state index contributed by atoms with van der Waals surface area (Å²) in [6.07, 6.45) is 0.726. The molecule has 2 fully saturated rings. The van der Waals surface area contributed by atoms with Crippen LogP contribution in [0, 0.1) is 5.82 Å². The minimum absolute atomic E-state index is 0.0432. The maximum Gasteiger partial charge on any atom is 0.256 e. The first kappa shape index (κ1) is 29.8. The zero-order valence-corrected chi connectivity index (χ0v) is 24.9. The van der Waals surface area contributed by atoms with Crippen molar-refractivity contribution in [2.45, 2.75) is 18.9 Å². The molecule has 1 atom stereocenters. The Bertz CT molecular complexity index is 1420. The first-order valence-electron chi connectivity index (χ1n) is 13.9. The number of halogens is 2. The molecule has 8 nitrogen and oxygen atoms in total. The Labute approximate surface area is 255 Å². The van der Waals surface area contributed by atoms with Crippen LogP contribution < -0.4 is 19.9 Å². The predicted molar refractivity (Wildman–Crippen MR) is 168 cm³/mol. The molecule has 5 rings (SSSR count). The van der Waals surface area contributed by atoms with E-state index in [-0.39, 0.29) is 24.1 Å². The number of carbonyl (C=O) groups excluding carboxylic acids is 2. The van der Waals surface area contributed by atoms with Gasteiger partial charge in [0.15, 0.2) is 5.11 Å². The molecular weight excluding hydrogens is 577 g/mol. The Morgan fingerprint density at radius 3 is 2.40 bits per heavy atom. The highest BCUT2D eigenvalue weighted by atomic mass is 35.5. The van der Waals surface area contributed by atoms with Crippen molar-refractivity contribution < 1.29 is 18.7 Å². The van der Waals surface area contributed by atoms with Gasteiger partial charge >= 0.3 is 0 Å². The highest BCUT2D eigenvalue weighted by molar-refractivity contribution is 7.80. The number of methoxy groups -OCH3 is 1. The Balaban J connectivity index is 1.23. The van der Waals surface area contributed by atoms with Crippen molar-refractivity contribution in [3.05, 3.63) is 83.6 Å². The van der Waals surface area contributed by atoms with E-state index in [0.717, 1.165) is 44.8 Å². The lowest BCUT2D eigenvalue weighted by molar-refractivity contribution is -0.124. The van der Waals surface area contributed by atoms with Gasteiger partial charge in [0, 0.05) is 55.2 Å². The van der Waals surface area contributed by atoms with Crippen molar-refractivity contribution in [2.75, 3.05) is 61.5 Å².